The average molecular weight is 446 g/mol. The Bertz CT molecular complexity index is 1210. The Balaban J connectivity index is 1.22. The van der Waals surface area contributed by atoms with Gasteiger partial charge in [0.25, 0.3) is 0 Å². The van der Waals surface area contributed by atoms with Gasteiger partial charge in [0, 0.05) is 30.3 Å². The van der Waals surface area contributed by atoms with Crippen LogP contribution in [-0.4, -0.2) is 33.6 Å². The van der Waals surface area contributed by atoms with Crippen LogP contribution >= 0.6 is 11.3 Å². The van der Waals surface area contributed by atoms with Crippen molar-refractivity contribution in [3.05, 3.63) is 65.4 Å². The lowest BCUT2D eigenvalue weighted by molar-refractivity contribution is -0.120. The number of nitrogens with one attached hydrogen (secondary N) is 1. The number of rotatable bonds is 4. The summed E-state index contributed by atoms with van der Waals surface area (Å²) in [6, 6.07) is 14.5. The molecule has 1 amide bonds. The van der Waals surface area contributed by atoms with Gasteiger partial charge < -0.3 is 10.2 Å². The number of piperidine rings is 1. The van der Waals surface area contributed by atoms with Crippen LogP contribution in [0.1, 0.15) is 29.5 Å². The molecule has 2 aromatic heterocycles. The summed E-state index contributed by atoms with van der Waals surface area (Å²) >= 11 is 1.60. The topological polar surface area (TPSA) is 62.5 Å². The predicted octanol–water partition coefficient (Wildman–Crippen LogP) is 5.24. The SMILES string of the molecule is Cc1ccc(-c2cn3nc(N4CCC(C(=O)Nc5cc(C)cc(C)c5)CC4)sc3n2)cc1. The fourth-order valence-electron chi connectivity index (χ4n) is 4.30. The normalized spacial score (nSPS) is 14.8. The van der Waals surface area contributed by atoms with Gasteiger partial charge in [-0.3, -0.25) is 4.79 Å². The highest BCUT2D eigenvalue weighted by atomic mass is 32.1. The van der Waals surface area contributed by atoms with Crippen LogP contribution in [0.3, 0.4) is 0 Å². The lowest BCUT2D eigenvalue weighted by Crippen LogP contribution is -2.38. The van der Waals surface area contributed by atoms with Crippen molar-refractivity contribution < 1.29 is 4.79 Å². The minimum absolute atomic E-state index is 0.0317. The molecule has 0 aliphatic carbocycles. The van der Waals surface area contributed by atoms with Gasteiger partial charge in [0.05, 0.1) is 11.9 Å². The first kappa shape index (κ1) is 20.7. The molecule has 0 saturated carbocycles. The molecule has 32 heavy (non-hydrogen) atoms. The number of nitrogens with zero attached hydrogens (tertiary/aromatic N) is 4. The molecule has 5 rings (SSSR count). The van der Waals surface area contributed by atoms with E-state index < -0.39 is 0 Å². The van der Waals surface area contributed by atoms with Crippen LogP contribution in [0.5, 0.6) is 0 Å². The van der Waals surface area contributed by atoms with Gasteiger partial charge >= 0.3 is 0 Å². The number of imidazole rings is 1. The second-order valence-electron chi connectivity index (χ2n) is 8.73. The molecule has 0 spiro atoms. The molecule has 0 unspecified atom stereocenters. The van der Waals surface area contributed by atoms with Crippen LogP contribution in [0.25, 0.3) is 16.2 Å². The quantitative estimate of drug-likeness (QED) is 0.467. The highest BCUT2D eigenvalue weighted by Crippen LogP contribution is 2.30. The fourth-order valence-corrected chi connectivity index (χ4v) is 5.24. The molecule has 4 aromatic rings. The minimum Gasteiger partial charge on any atom is -0.347 e. The number of anilines is 2. The van der Waals surface area contributed by atoms with Gasteiger partial charge in [0.2, 0.25) is 16.0 Å². The Morgan fingerprint density at radius 2 is 1.69 bits per heavy atom. The highest BCUT2D eigenvalue weighted by Gasteiger charge is 2.27. The van der Waals surface area contributed by atoms with E-state index in [1.807, 2.05) is 22.8 Å². The number of aryl methyl sites for hydroxylation is 3. The number of hydrogen-bond donors (Lipinski definition) is 1. The largest absolute Gasteiger partial charge is 0.347 e. The first-order valence-electron chi connectivity index (χ1n) is 11.0. The van der Waals surface area contributed by atoms with Crippen molar-refractivity contribution in [2.24, 2.45) is 5.92 Å². The van der Waals surface area contributed by atoms with Gasteiger partial charge in [-0.15, -0.1) is 5.10 Å². The van der Waals surface area contributed by atoms with Crippen LogP contribution in [0.4, 0.5) is 10.8 Å². The van der Waals surface area contributed by atoms with Crippen molar-refractivity contribution in [3.8, 4) is 11.3 Å². The summed E-state index contributed by atoms with van der Waals surface area (Å²) < 4.78 is 1.87. The fraction of sp³-hybridized carbons (Fsp3) is 0.320. The smallest absolute Gasteiger partial charge is 0.227 e. The summed E-state index contributed by atoms with van der Waals surface area (Å²) in [6.45, 7) is 7.84. The maximum Gasteiger partial charge on any atom is 0.227 e. The Morgan fingerprint density at radius 3 is 2.34 bits per heavy atom. The Morgan fingerprint density at radius 1 is 1.00 bits per heavy atom. The maximum atomic E-state index is 12.8. The molecule has 3 heterocycles. The molecular formula is C25H27N5OS. The summed E-state index contributed by atoms with van der Waals surface area (Å²) in [6.07, 6.45) is 3.64. The Hall–Kier alpha value is -3.19. The van der Waals surface area contributed by atoms with Gasteiger partial charge in [-0.25, -0.2) is 9.50 Å². The van der Waals surface area contributed by atoms with E-state index in [4.69, 9.17) is 10.1 Å². The first-order chi connectivity index (χ1) is 15.4. The lowest BCUT2D eigenvalue weighted by Gasteiger charge is -2.30. The van der Waals surface area contributed by atoms with E-state index in [2.05, 4.69) is 61.3 Å². The lowest BCUT2D eigenvalue weighted by atomic mass is 9.96. The number of benzene rings is 2. The molecular weight excluding hydrogens is 418 g/mol. The molecule has 7 heteroatoms. The number of fused-ring (bicyclic) bond motifs is 1. The maximum absolute atomic E-state index is 12.8. The van der Waals surface area contributed by atoms with Crippen molar-refractivity contribution in [1.29, 1.82) is 0 Å². The van der Waals surface area contributed by atoms with Gasteiger partial charge in [0.15, 0.2) is 0 Å². The zero-order chi connectivity index (χ0) is 22.2. The monoisotopic (exact) mass is 445 g/mol. The second-order valence-corrected chi connectivity index (χ2v) is 9.67. The first-order valence-corrected chi connectivity index (χ1v) is 11.8. The van der Waals surface area contributed by atoms with Crippen molar-refractivity contribution in [1.82, 2.24) is 14.6 Å². The number of carbonyl (C=O) groups is 1. The molecule has 1 N–H and O–H groups in total. The summed E-state index contributed by atoms with van der Waals surface area (Å²) in [7, 11) is 0. The third-order valence-corrected chi connectivity index (χ3v) is 6.99. The summed E-state index contributed by atoms with van der Waals surface area (Å²) in [4.78, 5) is 20.7. The number of carbonyl (C=O) groups excluding carboxylic acids is 1. The van der Waals surface area contributed by atoms with Crippen LogP contribution in [-0.2, 0) is 4.79 Å². The van der Waals surface area contributed by atoms with Gasteiger partial charge in [-0.2, -0.15) is 0 Å². The van der Waals surface area contributed by atoms with Gasteiger partial charge in [0.1, 0.15) is 0 Å². The van der Waals surface area contributed by atoms with Crippen molar-refractivity contribution >= 4 is 33.0 Å². The van der Waals surface area contributed by atoms with E-state index in [1.54, 1.807) is 11.3 Å². The van der Waals surface area contributed by atoms with Crippen LogP contribution < -0.4 is 10.2 Å². The standard InChI is InChI=1S/C25H27N5OS/c1-16-4-6-19(7-5-16)22-15-30-24(27-22)32-25(28-30)29-10-8-20(9-11-29)23(31)26-21-13-17(2)12-18(3)14-21/h4-7,12-15,20H,8-11H2,1-3H3,(H,26,31). The zero-order valence-corrected chi connectivity index (χ0v) is 19.4. The molecule has 0 atom stereocenters. The molecule has 2 aromatic carbocycles. The van der Waals surface area contributed by atoms with Crippen LogP contribution in [0, 0.1) is 26.7 Å². The zero-order valence-electron chi connectivity index (χ0n) is 18.6. The molecule has 0 radical (unpaired) electrons. The second kappa shape index (κ2) is 8.39. The Labute approximate surface area is 191 Å². The minimum atomic E-state index is 0.0317. The van der Waals surface area contributed by atoms with Gasteiger partial charge in [-0.05, 0) is 56.9 Å². The average Bonchev–Trinajstić information content (AvgIpc) is 3.33. The highest BCUT2D eigenvalue weighted by molar-refractivity contribution is 7.20. The number of hydrogen-bond acceptors (Lipinski definition) is 5. The summed E-state index contributed by atoms with van der Waals surface area (Å²) in [5, 5.41) is 8.83. The Kier molecular flexibility index (Phi) is 5.43. The van der Waals surface area contributed by atoms with Crippen molar-refractivity contribution in [2.75, 3.05) is 23.3 Å². The number of amides is 1. The van der Waals surface area contributed by atoms with Crippen molar-refractivity contribution in [3.63, 3.8) is 0 Å². The van der Waals surface area contributed by atoms with Crippen molar-refractivity contribution in [2.45, 2.75) is 33.6 Å². The molecule has 1 aliphatic rings. The van der Waals surface area contributed by atoms with E-state index in [9.17, 15) is 4.79 Å². The number of aromatic nitrogens is 3. The predicted molar refractivity (Wildman–Crippen MR) is 131 cm³/mol. The van der Waals surface area contributed by atoms with E-state index in [-0.39, 0.29) is 11.8 Å². The molecule has 6 nitrogen and oxygen atoms in total. The van der Waals surface area contributed by atoms with Crippen LogP contribution in [0.2, 0.25) is 0 Å². The molecule has 0 bridgehead atoms. The van der Waals surface area contributed by atoms with E-state index >= 15 is 0 Å². The van der Waals surface area contributed by atoms with E-state index in [1.165, 1.54) is 5.56 Å². The summed E-state index contributed by atoms with van der Waals surface area (Å²) in [5.41, 5.74) is 6.49. The summed E-state index contributed by atoms with van der Waals surface area (Å²) in [5.74, 6) is 0.149. The molecule has 1 aliphatic heterocycles. The third-order valence-electron chi connectivity index (χ3n) is 6.01. The van der Waals surface area contributed by atoms with E-state index in [0.717, 1.165) is 64.1 Å². The molecule has 164 valence electrons. The molecule has 1 fully saturated rings. The van der Waals surface area contributed by atoms with Crippen LogP contribution in [0.15, 0.2) is 48.7 Å². The third kappa shape index (κ3) is 4.25. The van der Waals surface area contributed by atoms with E-state index in [0.29, 0.717) is 0 Å². The molecule has 1 saturated heterocycles. The van der Waals surface area contributed by atoms with Gasteiger partial charge in [-0.1, -0.05) is 47.2 Å².